The predicted octanol–water partition coefficient (Wildman–Crippen LogP) is 1.14. The van der Waals surface area contributed by atoms with Crippen LogP contribution >= 0.6 is 0 Å². The Morgan fingerprint density at radius 3 is 2.63 bits per heavy atom. The van der Waals surface area contributed by atoms with Crippen LogP contribution in [0.3, 0.4) is 0 Å². The van der Waals surface area contributed by atoms with Crippen LogP contribution in [0.5, 0.6) is 5.75 Å². The monoisotopic (exact) mass is 259 g/mol. The molecule has 3 rings (SSSR count). The van der Waals surface area contributed by atoms with Crippen molar-refractivity contribution in [3.63, 3.8) is 0 Å². The molecule has 2 heterocycles. The molecule has 1 fully saturated rings. The van der Waals surface area contributed by atoms with Crippen molar-refractivity contribution in [1.82, 2.24) is 25.5 Å². The van der Waals surface area contributed by atoms with Gasteiger partial charge in [0.2, 0.25) is 0 Å². The number of hydrogen-bond donors (Lipinski definition) is 1. The van der Waals surface area contributed by atoms with Gasteiger partial charge in [0.1, 0.15) is 5.75 Å². The van der Waals surface area contributed by atoms with E-state index < -0.39 is 0 Å². The third-order valence-corrected chi connectivity index (χ3v) is 3.51. The van der Waals surface area contributed by atoms with Crippen LogP contribution in [0.4, 0.5) is 0 Å². The van der Waals surface area contributed by atoms with Crippen LogP contribution in [0.25, 0.3) is 5.69 Å². The lowest BCUT2D eigenvalue weighted by Gasteiger charge is -2.21. The van der Waals surface area contributed by atoms with Crippen molar-refractivity contribution in [3.8, 4) is 11.4 Å². The molecule has 0 bridgehead atoms. The molecular formula is C13H17N5O. The Morgan fingerprint density at radius 1 is 1.21 bits per heavy atom. The van der Waals surface area contributed by atoms with E-state index in [4.69, 9.17) is 4.74 Å². The van der Waals surface area contributed by atoms with Gasteiger partial charge < -0.3 is 10.1 Å². The fourth-order valence-electron chi connectivity index (χ4n) is 2.44. The average molecular weight is 259 g/mol. The smallest absolute Gasteiger partial charge is 0.159 e. The molecule has 19 heavy (non-hydrogen) atoms. The van der Waals surface area contributed by atoms with Gasteiger partial charge in [-0.05, 0) is 60.6 Å². The fraction of sp³-hybridized carbons (Fsp3) is 0.462. The molecule has 0 saturated carbocycles. The molecule has 1 N–H and O–H groups in total. The first kappa shape index (κ1) is 12.1. The lowest BCUT2D eigenvalue weighted by molar-refractivity contribution is 0.414. The van der Waals surface area contributed by atoms with Gasteiger partial charge in [0.05, 0.1) is 12.8 Å². The van der Waals surface area contributed by atoms with Gasteiger partial charge in [-0.1, -0.05) is 0 Å². The van der Waals surface area contributed by atoms with E-state index in [2.05, 4.69) is 20.8 Å². The van der Waals surface area contributed by atoms with Gasteiger partial charge in [0.25, 0.3) is 0 Å². The molecule has 0 atom stereocenters. The van der Waals surface area contributed by atoms with Gasteiger partial charge in [0.15, 0.2) is 5.82 Å². The van der Waals surface area contributed by atoms with Crippen LogP contribution in [-0.2, 0) is 0 Å². The summed E-state index contributed by atoms with van der Waals surface area (Å²) >= 11 is 0. The second kappa shape index (κ2) is 5.36. The summed E-state index contributed by atoms with van der Waals surface area (Å²) in [6.45, 7) is 2.06. The highest BCUT2D eigenvalue weighted by atomic mass is 16.5. The first-order chi connectivity index (χ1) is 9.38. The summed E-state index contributed by atoms with van der Waals surface area (Å²) < 4.78 is 6.99. The van der Waals surface area contributed by atoms with Crippen molar-refractivity contribution in [2.75, 3.05) is 20.2 Å². The van der Waals surface area contributed by atoms with Crippen molar-refractivity contribution in [3.05, 3.63) is 30.1 Å². The molecule has 6 nitrogen and oxygen atoms in total. The number of piperidine rings is 1. The standard InChI is InChI=1S/C13H17N5O/c1-19-12-4-2-11(3-5-12)18-13(15-16-17-18)10-6-8-14-9-7-10/h2-5,10,14H,6-9H2,1H3. The molecule has 1 aliphatic rings. The van der Waals surface area contributed by atoms with Gasteiger partial charge in [-0.3, -0.25) is 0 Å². The number of hydrogen-bond acceptors (Lipinski definition) is 5. The Morgan fingerprint density at radius 2 is 1.95 bits per heavy atom. The molecule has 6 heteroatoms. The highest BCUT2D eigenvalue weighted by molar-refractivity contribution is 5.37. The minimum atomic E-state index is 0.429. The Balaban J connectivity index is 1.89. The number of benzene rings is 1. The minimum Gasteiger partial charge on any atom is -0.497 e. The van der Waals surface area contributed by atoms with Crippen LogP contribution in [0.1, 0.15) is 24.6 Å². The lowest BCUT2D eigenvalue weighted by Crippen LogP contribution is -2.28. The summed E-state index contributed by atoms with van der Waals surface area (Å²) in [7, 11) is 1.66. The summed E-state index contributed by atoms with van der Waals surface area (Å²) in [5.74, 6) is 2.21. The summed E-state index contributed by atoms with van der Waals surface area (Å²) in [4.78, 5) is 0. The van der Waals surface area contributed by atoms with Crippen molar-refractivity contribution in [2.45, 2.75) is 18.8 Å². The molecule has 0 radical (unpaired) electrons. The molecule has 2 aromatic rings. The van der Waals surface area contributed by atoms with E-state index in [1.165, 1.54) is 0 Å². The van der Waals surface area contributed by atoms with Crippen molar-refractivity contribution >= 4 is 0 Å². The maximum Gasteiger partial charge on any atom is 0.159 e. The second-order valence-electron chi connectivity index (χ2n) is 4.67. The first-order valence-corrected chi connectivity index (χ1v) is 6.52. The van der Waals surface area contributed by atoms with Crippen molar-refractivity contribution in [1.29, 1.82) is 0 Å². The van der Waals surface area contributed by atoms with Gasteiger partial charge in [-0.25, -0.2) is 0 Å². The number of nitrogens with zero attached hydrogens (tertiary/aromatic N) is 4. The third kappa shape index (κ3) is 2.44. The van der Waals surface area contributed by atoms with Crippen LogP contribution in [-0.4, -0.2) is 40.4 Å². The molecule has 1 aromatic heterocycles. The first-order valence-electron chi connectivity index (χ1n) is 6.52. The topological polar surface area (TPSA) is 64.9 Å². The van der Waals surface area contributed by atoms with Crippen LogP contribution < -0.4 is 10.1 Å². The lowest BCUT2D eigenvalue weighted by atomic mass is 9.97. The Bertz CT molecular complexity index is 530. The Labute approximate surface area is 111 Å². The molecule has 0 aliphatic carbocycles. The molecule has 0 spiro atoms. The maximum absolute atomic E-state index is 5.16. The minimum absolute atomic E-state index is 0.429. The van der Waals surface area contributed by atoms with Crippen LogP contribution in [0, 0.1) is 0 Å². The maximum atomic E-state index is 5.16. The summed E-state index contributed by atoms with van der Waals surface area (Å²) in [6.07, 6.45) is 2.16. The van der Waals surface area contributed by atoms with E-state index in [-0.39, 0.29) is 0 Å². The van der Waals surface area contributed by atoms with Gasteiger partial charge >= 0.3 is 0 Å². The highest BCUT2D eigenvalue weighted by Crippen LogP contribution is 2.25. The average Bonchev–Trinajstić information content (AvgIpc) is 2.98. The molecule has 100 valence electrons. The molecule has 1 saturated heterocycles. The predicted molar refractivity (Wildman–Crippen MR) is 70.6 cm³/mol. The quantitative estimate of drug-likeness (QED) is 0.895. The van der Waals surface area contributed by atoms with Gasteiger partial charge in [-0.2, -0.15) is 4.68 Å². The number of rotatable bonds is 3. The summed E-state index contributed by atoms with van der Waals surface area (Å²) in [5.41, 5.74) is 0.972. The van der Waals surface area contributed by atoms with E-state index in [0.29, 0.717) is 5.92 Å². The third-order valence-electron chi connectivity index (χ3n) is 3.51. The van der Waals surface area contributed by atoms with Crippen molar-refractivity contribution in [2.24, 2.45) is 0 Å². The number of methoxy groups -OCH3 is 1. The Kier molecular flexibility index (Phi) is 3.41. The van der Waals surface area contributed by atoms with Gasteiger partial charge in [0, 0.05) is 5.92 Å². The number of tetrazole rings is 1. The summed E-state index contributed by atoms with van der Waals surface area (Å²) in [6, 6.07) is 7.78. The molecule has 0 amide bonds. The molecule has 1 aliphatic heterocycles. The van der Waals surface area contributed by atoms with E-state index in [1.54, 1.807) is 7.11 Å². The molecular weight excluding hydrogens is 242 g/mol. The number of aromatic nitrogens is 4. The van der Waals surface area contributed by atoms with Crippen LogP contribution in [0.2, 0.25) is 0 Å². The SMILES string of the molecule is COc1ccc(-n2nnnc2C2CCNCC2)cc1. The fourth-order valence-corrected chi connectivity index (χ4v) is 2.44. The molecule has 0 unspecified atom stereocenters. The van der Waals surface area contributed by atoms with E-state index in [1.807, 2.05) is 28.9 Å². The zero-order valence-electron chi connectivity index (χ0n) is 10.9. The number of ether oxygens (including phenoxy) is 1. The highest BCUT2D eigenvalue weighted by Gasteiger charge is 2.22. The van der Waals surface area contributed by atoms with E-state index in [9.17, 15) is 0 Å². The van der Waals surface area contributed by atoms with Crippen LogP contribution in [0.15, 0.2) is 24.3 Å². The Hall–Kier alpha value is -1.95. The zero-order valence-corrected chi connectivity index (χ0v) is 10.9. The van der Waals surface area contributed by atoms with Gasteiger partial charge in [-0.15, -0.1) is 5.10 Å². The largest absolute Gasteiger partial charge is 0.497 e. The summed E-state index contributed by atoms with van der Waals surface area (Å²) in [5, 5.41) is 15.5. The zero-order chi connectivity index (χ0) is 13.1. The van der Waals surface area contributed by atoms with E-state index in [0.717, 1.165) is 43.2 Å². The van der Waals surface area contributed by atoms with E-state index >= 15 is 0 Å². The van der Waals surface area contributed by atoms with Crippen molar-refractivity contribution < 1.29 is 4.74 Å². The molecule has 1 aromatic carbocycles. The second-order valence-corrected chi connectivity index (χ2v) is 4.67. The normalized spacial score (nSPS) is 16.5. The number of nitrogens with one attached hydrogen (secondary N) is 1.